The molecule has 0 aliphatic carbocycles. The minimum Gasteiger partial charge on any atom is -0.494 e. The Labute approximate surface area is 129 Å². The van der Waals surface area contributed by atoms with Crippen molar-refractivity contribution in [3.8, 4) is 5.75 Å². The van der Waals surface area contributed by atoms with Crippen LogP contribution >= 0.6 is 11.3 Å². The molecular weight excluding hydrogens is 284 g/mol. The first-order valence-electron chi connectivity index (χ1n) is 7.01. The maximum Gasteiger partial charge on any atom is 0.257 e. The molecule has 0 saturated carbocycles. The highest BCUT2D eigenvalue weighted by atomic mass is 32.1. The monoisotopic (exact) mass is 304 g/mol. The van der Waals surface area contributed by atoms with Crippen molar-refractivity contribution in [3.63, 3.8) is 0 Å². The molecule has 1 N–H and O–H groups in total. The van der Waals surface area contributed by atoms with Crippen LogP contribution in [-0.4, -0.2) is 17.5 Å². The highest BCUT2D eigenvalue weighted by Crippen LogP contribution is 2.18. The molecule has 0 spiro atoms. The molecule has 0 atom stereocenters. The summed E-state index contributed by atoms with van der Waals surface area (Å²) in [6.07, 6.45) is 2.76. The van der Waals surface area contributed by atoms with Gasteiger partial charge in [-0.1, -0.05) is 13.8 Å². The minimum absolute atomic E-state index is 0.155. The van der Waals surface area contributed by atoms with Gasteiger partial charge >= 0.3 is 0 Å². The van der Waals surface area contributed by atoms with Gasteiger partial charge in [-0.05, 0) is 43.5 Å². The summed E-state index contributed by atoms with van der Waals surface area (Å²) in [5.74, 6) is 1.26. The van der Waals surface area contributed by atoms with E-state index in [9.17, 15) is 4.79 Å². The van der Waals surface area contributed by atoms with Gasteiger partial charge in [0.15, 0.2) is 5.13 Å². The fourth-order valence-electron chi connectivity index (χ4n) is 1.70. The standard InChI is InChI=1S/C16H20N2O2S/c1-11(2)8-9-20-14-6-4-13(5-7-14)15(19)18-16-17-10-12(3)21-16/h4-7,10-11H,8-9H2,1-3H3,(H,17,18,19). The van der Waals surface area contributed by atoms with Gasteiger partial charge in [0, 0.05) is 16.6 Å². The number of nitrogens with zero attached hydrogens (tertiary/aromatic N) is 1. The molecule has 0 aliphatic heterocycles. The summed E-state index contributed by atoms with van der Waals surface area (Å²) >= 11 is 1.46. The van der Waals surface area contributed by atoms with Gasteiger partial charge in [0.05, 0.1) is 6.61 Å². The van der Waals surface area contributed by atoms with E-state index in [-0.39, 0.29) is 5.91 Å². The molecule has 2 rings (SSSR count). The van der Waals surface area contributed by atoms with E-state index in [0.717, 1.165) is 17.0 Å². The summed E-state index contributed by atoms with van der Waals surface area (Å²) < 4.78 is 5.63. The Morgan fingerprint density at radius 3 is 2.62 bits per heavy atom. The Balaban J connectivity index is 1.90. The van der Waals surface area contributed by atoms with E-state index in [2.05, 4.69) is 24.1 Å². The normalized spacial score (nSPS) is 10.7. The van der Waals surface area contributed by atoms with Gasteiger partial charge < -0.3 is 4.74 Å². The second-order valence-corrected chi connectivity index (χ2v) is 6.52. The lowest BCUT2D eigenvalue weighted by atomic mass is 10.1. The zero-order valence-electron chi connectivity index (χ0n) is 12.6. The minimum atomic E-state index is -0.155. The fourth-order valence-corrected chi connectivity index (χ4v) is 2.36. The number of hydrogen-bond acceptors (Lipinski definition) is 4. The summed E-state index contributed by atoms with van der Waals surface area (Å²) in [5, 5.41) is 3.40. The van der Waals surface area contributed by atoms with Crippen LogP contribution in [0.4, 0.5) is 5.13 Å². The predicted molar refractivity (Wildman–Crippen MR) is 86.2 cm³/mol. The zero-order valence-corrected chi connectivity index (χ0v) is 13.4. The molecule has 0 saturated heterocycles. The molecule has 5 heteroatoms. The van der Waals surface area contributed by atoms with Crippen molar-refractivity contribution in [1.82, 2.24) is 4.98 Å². The summed E-state index contributed by atoms with van der Waals surface area (Å²) in [6, 6.07) is 7.17. The summed E-state index contributed by atoms with van der Waals surface area (Å²) in [4.78, 5) is 17.2. The Hall–Kier alpha value is -1.88. The number of carbonyl (C=O) groups is 1. The molecule has 1 aromatic carbocycles. The highest BCUT2D eigenvalue weighted by Gasteiger charge is 2.08. The zero-order chi connectivity index (χ0) is 15.2. The first-order chi connectivity index (χ1) is 10.0. The summed E-state index contributed by atoms with van der Waals surface area (Å²) in [6.45, 7) is 6.98. The number of hydrogen-bond donors (Lipinski definition) is 1. The van der Waals surface area contributed by atoms with E-state index < -0.39 is 0 Å². The first kappa shape index (κ1) is 15.5. The number of amides is 1. The molecule has 0 unspecified atom stereocenters. The fraction of sp³-hybridized carbons (Fsp3) is 0.375. The number of aromatic nitrogens is 1. The molecule has 1 aromatic heterocycles. The molecule has 4 nitrogen and oxygen atoms in total. The topological polar surface area (TPSA) is 51.2 Å². The number of thiazole rings is 1. The summed E-state index contributed by atoms with van der Waals surface area (Å²) in [5.41, 5.74) is 0.596. The lowest BCUT2D eigenvalue weighted by Crippen LogP contribution is -2.11. The van der Waals surface area contributed by atoms with Crippen LogP contribution in [0.25, 0.3) is 0 Å². The SMILES string of the molecule is Cc1cnc(NC(=O)c2ccc(OCCC(C)C)cc2)s1. The largest absolute Gasteiger partial charge is 0.494 e. The van der Waals surface area contributed by atoms with Gasteiger partial charge in [-0.3, -0.25) is 10.1 Å². The van der Waals surface area contributed by atoms with Crippen LogP contribution in [0.1, 0.15) is 35.5 Å². The lowest BCUT2D eigenvalue weighted by molar-refractivity contribution is 0.102. The number of carbonyl (C=O) groups excluding carboxylic acids is 1. The van der Waals surface area contributed by atoms with Gasteiger partial charge in [-0.25, -0.2) is 4.98 Å². The van der Waals surface area contributed by atoms with E-state index in [4.69, 9.17) is 4.74 Å². The smallest absolute Gasteiger partial charge is 0.257 e. The Morgan fingerprint density at radius 2 is 2.05 bits per heavy atom. The van der Waals surface area contributed by atoms with Crippen LogP contribution in [-0.2, 0) is 0 Å². The number of rotatable bonds is 6. The second kappa shape index (κ2) is 7.22. The van der Waals surface area contributed by atoms with Gasteiger partial charge in [0.25, 0.3) is 5.91 Å². The van der Waals surface area contributed by atoms with Crippen LogP contribution in [0, 0.1) is 12.8 Å². The third-order valence-electron chi connectivity index (χ3n) is 2.92. The molecule has 0 radical (unpaired) electrons. The highest BCUT2D eigenvalue weighted by molar-refractivity contribution is 7.15. The Bertz CT molecular complexity index is 591. The van der Waals surface area contributed by atoms with Crippen molar-refractivity contribution < 1.29 is 9.53 Å². The molecule has 0 bridgehead atoms. The number of anilines is 1. The lowest BCUT2D eigenvalue weighted by Gasteiger charge is -2.08. The number of ether oxygens (including phenoxy) is 1. The molecule has 21 heavy (non-hydrogen) atoms. The van der Waals surface area contributed by atoms with Crippen LogP contribution in [0.2, 0.25) is 0 Å². The molecule has 2 aromatic rings. The van der Waals surface area contributed by atoms with Crippen LogP contribution in [0.3, 0.4) is 0 Å². The van der Waals surface area contributed by atoms with E-state index in [1.165, 1.54) is 11.3 Å². The van der Waals surface area contributed by atoms with Crippen molar-refractivity contribution in [1.29, 1.82) is 0 Å². The molecule has 1 amide bonds. The van der Waals surface area contributed by atoms with Crippen LogP contribution < -0.4 is 10.1 Å². The quantitative estimate of drug-likeness (QED) is 0.873. The van der Waals surface area contributed by atoms with Crippen LogP contribution in [0.15, 0.2) is 30.5 Å². The van der Waals surface area contributed by atoms with E-state index >= 15 is 0 Å². The Morgan fingerprint density at radius 1 is 1.33 bits per heavy atom. The third-order valence-corrected chi connectivity index (χ3v) is 3.75. The van der Waals surface area contributed by atoms with Gasteiger partial charge in [0.2, 0.25) is 0 Å². The van der Waals surface area contributed by atoms with Crippen molar-refractivity contribution >= 4 is 22.4 Å². The molecule has 0 fully saturated rings. The maximum atomic E-state index is 12.1. The van der Waals surface area contributed by atoms with E-state index in [0.29, 0.717) is 23.2 Å². The van der Waals surface area contributed by atoms with Gasteiger partial charge in [0.1, 0.15) is 5.75 Å². The van der Waals surface area contributed by atoms with Gasteiger partial charge in [-0.15, -0.1) is 11.3 Å². The molecule has 0 aliphatic rings. The van der Waals surface area contributed by atoms with Crippen LogP contribution in [0.5, 0.6) is 5.75 Å². The number of aryl methyl sites for hydroxylation is 1. The summed E-state index contributed by atoms with van der Waals surface area (Å²) in [7, 11) is 0. The average molecular weight is 304 g/mol. The maximum absolute atomic E-state index is 12.1. The first-order valence-corrected chi connectivity index (χ1v) is 7.83. The molecular formula is C16H20N2O2S. The second-order valence-electron chi connectivity index (χ2n) is 5.29. The Kier molecular flexibility index (Phi) is 5.33. The molecule has 112 valence electrons. The van der Waals surface area contributed by atoms with Crippen molar-refractivity contribution in [2.75, 3.05) is 11.9 Å². The van der Waals surface area contributed by atoms with Gasteiger partial charge in [-0.2, -0.15) is 0 Å². The van der Waals surface area contributed by atoms with E-state index in [1.54, 1.807) is 18.3 Å². The average Bonchev–Trinajstić information content (AvgIpc) is 2.84. The third kappa shape index (κ3) is 4.86. The van der Waals surface area contributed by atoms with Crippen molar-refractivity contribution in [2.24, 2.45) is 5.92 Å². The van der Waals surface area contributed by atoms with E-state index in [1.807, 2.05) is 19.1 Å². The molecule has 1 heterocycles. The predicted octanol–water partition coefficient (Wildman–Crippen LogP) is 4.13. The number of benzene rings is 1. The van der Waals surface area contributed by atoms with Crippen molar-refractivity contribution in [3.05, 3.63) is 40.9 Å². The number of nitrogens with one attached hydrogen (secondary N) is 1. The van der Waals surface area contributed by atoms with Crippen molar-refractivity contribution in [2.45, 2.75) is 27.2 Å².